The second-order valence-corrected chi connectivity index (χ2v) is 6.42. The Morgan fingerprint density at radius 3 is 2.40 bits per heavy atom. The van der Waals surface area contributed by atoms with Crippen LogP contribution in [-0.2, 0) is 13.0 Å². The summed E-state index contributed by atoms with van der Waals surface area (Å²) in [6, 6.07) is 21.2. The first-order valence-electron chi connectivity index (χ1n) is 8.74. The van der Waals surface area contributed by atoms with Gasteiger partial charge in [-0.3, -0.25) is 4.68 Å². The number of nitrogens with zero attached hydrogens (tertiary/aromatic N) is 2. The highest BCUT2D eigenvalue weighted by Gasteiger charge is 2.14. The molecule has 0 aliphatic carbocycles. The molecule has 1 heterocycles. The normalized spacial score (nSPS) is 11.3. The molecule has 1 aromatic heterocycles. The zero-order valence-electron chi connectivity index (χ0n) is 14.7. The summed E-state index contributed by atoms with van der Waals surface area (Å²) in [5.41, 5.74) is 3.64. The summed E-state index contributed by atoms with van der Waals surface area (Å²) in [4.78, 5) is 0. The predicted molar refractivity (Wildman–Crippen MR) is 103 cm³/mol. The SMILES string of the molecule is COc1cc2c(C)nn(CCCc3ccccc3)c2c2ccccc12. The standard InChI is InChI=1S/C22H22N2O/c1-16-20-15-21(25-2)18-12-6-7-13-19(18)22(20)24(23-16)14-8-11-17-9-4-3-5-10-17/h3-7,9-10,12-13,15H,8,11,14H2,1-2H3. The molecule has 0 radical (unpaired) electrons. The van der Waals surface area contributed by atoms with E-state index in [9.17, 15) is 0 Å². The van der Waals surface area contributed by atoms with Gasteiger partial charge in [0.05, 0.1) is 18.3 Å². The monoisotopic (exact) mass is 330 g/mol. The summed E-state index contributed by atoms with van der Waals surface area (Å²) in [5.74, 6) is 0.912. The Morgan fingerprint density at radius 2 is 1.64 bits per heavy atom. The zero-order valence-corrected chi connectivity index (χ0v) is 14.7. The van der Waals surface area contributed by atoms with Crippen molar-refractivity contribution in [2.45, 2.75) is 26.3 Å². The molecular formula is C22H22N2O. The van der Waals surface area contributed by atoms with Gasteiger partial charge < -0.3 is 4.74 Å². The third-order valence-corrected chi connectivity index (χ3v) is 4.79. The lowest BCUT2D eigenvalue weighted by Crippen LogP contribution is -2.02. The van der Waals surface area contributed by atoms with Gasteiger partial charge in [0.15, 0.2) is 0 Å². The number of aryl methyl sites for hydroxylation is 3. The molecule has 25 heavy (non-hydrogen) atoms. The Kier molecular flexibility index (Phi) is 4.14. The molecule has 0 saturated heterocycles. The van der Waals surface area contributed by atoms with E-state index in [0.717, 1.165) is 36.2 Å². The lowest BCUT2D eigenvalue weighted by atomic mass is 10.0. The largest absolute Gasteiger partial charge is 0.496 e. The van der Waals surface area contributed by atoms with E-state index in [1.165, 1.54) is 21.9 Å². The van der Waals surface area contributed by atoms with Crippen LogP contribution in [0.2, 0.25) is 0 Å². The van der Waals surface area contributed by atoms with Gasteiger partial charge in [-0.05, 0) is 31.4 Å². The van der Waals surface area contributed by atoms with Gasteiger partial charge >= 0.3 is 0 Å². The number of fused-ring (bicyclic) bond motifs is 3. The van der Waals surface area contributed by atoms with Crippen LogP contribution in [-0.4, -0.2) is 16.9 Å². The van der Waals surface area contributed by atoms with E-state index >= 15 is 0 Å². The fourth-order valence-electron chi connectivity index (χ4n) is 3.57. The molecule has 0 N–H and O–H groups in total. The maximum Gasteiger partial charge on any atom is 0.127 e. The van der Waals surface area contributed by atoms with Gasteiger partial charge in [-0.1, -0.05) is 54.6 Å². The van der Waals surface area contributed by atoms with Crippen LogP contribution in [0.3, 0.4) is 0 Å². The molecule has 4 rings (SSSR count). The van der Waals surface area contributed by atoms with Gasteiger partial charge in [-0.25, -0.2) is 0 Å². The lowest BCUT2D eigenvalue weighted by molar-refractivity contribution is 0.420. The van der Waals surface area contributed by atoms with Crippen molar-refractivity contribution in [1.82, 2.24) is 9.78 Å². The van der Waals surface area contributed by atoms with E-state index in [1.807, 2.05) is 0 Å². The van der Waals surface area contributed by atoms with Gasteiger partial charge in [0.1, 0.15) is 5.75 Å². The molecule has 0 unspecified atom stereocenters. The fourth-order valence-corrected chi connectivity index (χ4v) is 3.57. The van der Waals surface area contributed by atoms with Crippen LogP contribution in [0.15, 0.2) is 60.7 Å². The average molecular weight is 330 g/mol. The summed E-state index contributed by atoms with van der Waals surface area (Å²) < 4.78 is 7.76. The molecule has 0 aliphatic rings. The van der Waals surface area contributed by atoms with E-state index < -0.39 is 0 Å². The average Bonchev–Trinajstić information content (AvgIpc) is 2.98. The molecule has 0 saturated carbocycles. The minimum absolute atomic E-state index is 0.912. The topological polar surface area (TPSA) is 27.1 Å². The van der Waals surface area contributed by atoms with Gasteiger partial charge in [0, 0.05) is 22.7 Å². The second-order valence-electron chi connectivity index (χ2n) is 6.42. The van der Waals surface area contributed by atoms with Crippen molar-refractivity contribution in [1.29, 1.82) is 0 Å². The molecule has 3 nitrogen and oxygen atoms in total. The van der Waals surface area contributed by atoms with E-state index in [-0.39, 0.29) is 0 Å². The van der Waals surface area contributed by atoms with Crippen molar-refractivity contribution >= 4 is 21.7 Å². The summed E-state index contributed by atoms with van der Waals surface area (Å²) in [5, 5.41) is 8.33. The van der Waals surface area contributed by atoms with Crippen molar-refractivity contribution in [3.8, 4) is 5.75 Å². The van der Waals surface area contributed by atoms with Crippen LogP contribution in [0.5, 0.6) is 5.75 Å². The highest BCUT2D eigenvalue weighted by atomic mass is 16.5. The summed E-state index contributed by atoms with van der Waals surface area (Å²) in [6.07, 6.45) is 2.13. The van der Waals surface area contributed by atoms with Crippen molar-refractivity contribution in [3.63, 3.8) is 0 Å². The second kappa shape index (κ2) is 6.60. The Bertz CT molecular complexity index is 1020. The highest BCUT2D eigenvalue weighted by molar-refractivity contribution is 6.09. The molecular weight excluding hydrogens is 308 g/mol. The third-order valence-electron chi connectivity index (χ3n) is 4.79. The van der Waals surface area contributed by atoms with Crippen molar-refractivity contribution in [2.75, 3.05) is 7.11 Å². The lowest BCUT2D eigenvalue weighted by Gasteiger charge is -2.10. The molecule has 4 aromatic rings. The number of hydrogen-bond donors (Lipinski definition) is 0. The predicted octanol–water partition coefficient (Wildman–Crippen LogP) is 5.14. The molecule has 0 atom stereocenters. The first kappa shape index (κ1) is 15.7. The summed E-state index contributed by atoms with van der Waals surface area (Å²) >= 11 is 0. The van der Waals surface area contributed by atoms with Crippen molar-refractivity contribution in [2.24, 2.45) is 0 Å². The Hall–Kier alpha value is -2.81. The summed E-state index contributed by atoms with van der Waals surface area (Å²) in [6.45, 7) is 2.99. The van der Waals surface area contributed by atoms with Crippen LogP contribution >= 0.6 is 0 Å². The maximum absolute atomic E-state index is 5.60. The zero-order chi connectivity index (χ0) is 17.2. The number of rotatable bonds is 5. The van der Waals surface area contributed by atoms with E-state index in [2.05, 4.69) is 72.3 Å². The molecule has 0 amide bonds. The molecule has 3 aromatic carbocycles. The van der Waals surface area contributed by atoms with Crippen LogP contribution < -0.4 is 4.74 Å². The smallest absolute Gasteiger partial charge is 0.127 e. The number of methoxy groups -OCH3 is 1. The quantitative estimate of drug-likeness (QED) is 0.506. The van der Waals surface area contributed by atoms with Gasteiger partial charge in [0.25, 0.3) is 0 Å². The third kappa shape index (κ3) is 2.86. The number of hydrogen-bond acceptors (Lipinski definition) is 2. The first-order valence-corrected chi connectivity index (χ1v) is 8.74. The Labute approximate surface area is 147 Å². The first-order chi connectivity index (χ1) is 12.3. The molecule has 0 aliphatic heterocycles. The van der Waals surface area contributed by atoms with E-state index in [0.29, 0.717) is 0 Å². The van der Waals surface area contributed by atoms with Gasteiger partial charge in [-0.15, -0.1) is 0 Å². The molecule has 0 bridgehead atoms. The van der Waals surface area contributed by atoms with Crippen LogP contribution in [0.25, 0.3) is 21.7 Å². The van der Waals surface area contributed by atoms with Crippen molar-refractivity contribution in [3.05, 3.63) is 71.9 Å². The van der Waals surface area contributed by atoms with Crippen LogP contribution in [0.4, 0.5) is 0 Å². The van der Waals surface area contributed by atoms with E-state index in [1.54, 1.807) is 7.11 Å². The minimum atomic E-state index is 0.912. The van der Waals surface area contributed by atoms with Crippen LogP contribution in [0.1, 0.15) is 17.7 Å². The maximum atomic E-state index is 5.60. The van der Waals surface area contributed by atoms with Crippen molar-refractivity contribution < 1.29 is 4.74 Å². The number of benzene rings is 3. The molecule has 0 spiro atoms. The van der Waals surface area contributed by atoms with Gasteiger partial charge in [0.2, 0.25) is 0 Å². The Morgan fingerprint density at radius 1 is 0.920 bits per heavy atom. The number of ether oxygens (including phenoxy) is 1. The van der Waals surface area contributed by atoms with Crippen LogP contribution in [0, 0.1) is 6.92 Å². The Balaban J connectivity index is 1.73. The molecule has 3 heteroatoms. The fraction of sp³-hybridized carbons (Fsp3) is 0.227. The molecule has 126 valence electrons. The molecule has 0 fully saturated rings. The minimum Gasteiger partial charge on any atom is -0.496 e. The highest BCUT2D eigenvalue weighted by Crippen LogP contribution is 2.34. The number of aromatic nitrogens is 2. The summed E-state index contributed by atoms with van der Waals surface area (Å²) in [7, 11) is 1.73. The van der Waals surface area contributed by atoms with Gasteiger partial charge in [-0.2, -0.15) is 5.10 Å². The van der Waals surface area contributed by atoms with E-state index in [4.69, 9.17) is 9.84 Å².